The van der Waals surface area contributed by atoms with E-state index in [0.717, 1.165) is 6.42 Å². The SMILES string of the molecule is CCCCOC(=O)OCOC(=O)[C@H](O)C(C)(C)COS(=O)(=O)CCCNC(C)=O. The van der Waals surface area contributed by atoms with Crippen LogP contribution in [0, 0.1) is 5.41 Å². The molecule has 0 heterocycles. The summed E-state index contributed by atoms with van der Waals surface area (Å²) in [5.74, 6) is -1.72. The highest BCUT2D eigenvalue weighted by Crippen LogP contribution is 2.23. The summed E-state index contributed by atoms with van der Waals surface area (Å²) in [6, 6.07) is 0. The van der Waals surface area contributed by atoms with Gasteiger partial charge in [-0.15, -0.1) is 0 Å². The second-order valence-corrected chi connectivity index (χ2v) is 8.69. The molecule has 0 radical (unpaired) electrons. The van der Waals surface area contributed by atoms with Gasteiger partial charge < -0.3 is 24.6 Å². The van der Waals surface area contributed by atoms with Gasteiger partial charge >= 0.3 is 12.1 Å². The van der Waals surface area contributed by atoms with Crippen LogP contribution in [0.3, 0.4) is 0 Å². The summed E-state index contributed by atoms with van der Waals surface area (Å²) in [5, 5.41) is 12.5. The van der Waals surface area contributed by atoms with Crippen molar-refractivity contribution in [2.45, 2.75) is 53.1 Å². The van der Waals surface area contributed by atoms with Gasteiger partial charge in [0, 0.05) is 18.9 Å². The van der Waals surface area contributed by atoms with E-state index in [0.29, 0.717) is 6.42 Å². The molecule has 0 aliphatic rings. The van der Waals surface area contributed by atoms with Crippen LogP contribution in [-0.4, -0.2) is 70.0 Å². The minimum atomic E-state index is -3.91. The summed E-state index contributed by atoms with van der Waals surface area (Å²) in [7, 11) is -3.91. The van der Waals surface area contributed by atoms with E-state index in [-0.39, 0.29) is 31.2 Å². The van der Waals surface area contributed by atoms with Crippen LogP contribution >= 0.6 is 0 Å². The second kappa shape index (κ2) is 13.3. The van der Waals surface area contributed by atoms with Gasteiger partial charge in [-0.2, -0.15) is 8.42 Å². The average molecular weight is 441 g/mol. The predicted octanol–water partition coefficient (Wildman–Crippen LogP) is 0.700. The van der Waals surface area contributed by atoms with Gasteiger partial charge in [-0.25, -0.2) is 9.59 Å². The molecule has 11 nitrogen and oxygen atoms in total. The van der Waals surface area contributed by atoms with Crippen LogP contribution in [0.25, 0.3) is 0 Å². The maximum Gasteiger partial charge on any atom is 0.511 e. The third-order valence-corrected chi connectivity index (χ3v) is 4.88. The average Bonchev–Trinajstić information content (AvgIpc) is 2.63. The molecule has 0 rings (SSSR count). The third kappa shape index (κ3) is 13.0. The number of ether oxygens (including phenoxy) is 3. The van der Waals surface area contributed by atoms with Gasteiger partial charge in [0.2, 0.25) is 12.7 Å². The summed E-state index contributed by atoms with van der Waals surface area (Å²) in [5.41, 5.74) is -1.30. The van der Waals surface area contributed by atoms with E-state index in [1.807, 2.05) is 6.92 Å². The van der Waals surface area contributed by atoms with Crippen LogP contribution in [0.4, 0.5) is 4.79 Å². The van der Waals surface area contributed by atoms with Crippen molar-refractivity contribution in [3.05, 3.63) is 0 Å². The van der Waals surface area contributed by atoms with Gasteiger partial charge in [-0.1, -0.05) is 27.2 Å². The number of hydrogen-bond donors (Lipinski definition) is 2. The molecule has 0 aromatic rings. The summed E-state index contributed by atoms with van der Waals surface area (Å²) >= 11 is 0. The van der Waals surface area contributed by atoms with Crippen molar-refractivity contribution in [3.63, 3.8) is 0 Å². The molecule has 0 aliphatic carbocycles. The van der Waals surface area contributed by atoms with Crippen LogP contribution in [0.15, 0.2) is 0 Å². The lowest BCUT2D eigenvalue weighted by Crippen LogP contribution is -2.42. The number of aliphatic hydroxyl groups is 1. The second-order valence-electron chi connectivity index (χ2n) is 6.93. The molecule has 29 heavy (non-hydrogen) atoms. The zero-order chi connectivity index (χ0) is 22.5. The van der Waals surface area contributed by atoms with Crippen LogP contribution in [0.2, 0.25) is 0 Å². The maximum absolute atomic E-state index is 11.9. The molecule has 0 saturated heterocycles. The molecule has 170 valence electrons. The van der Waals surface area contributed by atoms with E-state index in [2.05, 4.69) is 14.8 Å². The van der Waals surface area contributed by atoms with Crippen molar-refractivity contribution in [3.8, 4) is 0 Å². The molecule has 0 fully saturated rings. The quantitative estimate of drug-likeness (QED) is 0.170. The van der Waals surface area contributed by atoms with Crippen molar-refractivity contribution < 1.29 is 46.3 Å². The van der Waals surface area contributed by atoms with Gasteiger partial charge in [0.25, 0.3) is 10.1 Å². The Kier molecular flexibility index (Phi) is 12.4. The van der Waals surface area contributed by atoms with Crippen LogP contribution in [0.1, 0.15) is 47.0 Å². The predicted molar refractivity (Wildman–Crippen MR) is 101 cm³/mol. The van der Waals surface area contributed by atoms with E-state index in [1.165, 1.54) is 20.8 Å². The number of carbonyl (C=O) groups is 3. The fourth-order valence-corrected chi connectivity index (χ4v) is 2.87. The highest BCUT2D eigenvalue weighted by Gasteiger charge is 2.36. The molecular formula is C17H31NO10S. The standard InChI is InChI=1S/C17H31NO10S/c1-5-6-9-25-16(22)27-12-26-15(21)14(20)17(3,4)11-28-29(23,24)10-7-8-18-13(2)19/h14,20H,5-12H2,1-4H3,(H,18,19)/t14-/m0/s1. The first-order valence-corrected chi connectivity index (χ1v) is 10.7. The van der Waals surface area contributed by atoms with E-state index >= 15 is 0 Å². The fourth-order valence-electron chi connectivity index (χ4n) is 1.77. The first kappa shape index (κ1) is 27.1. The van der Waals surface area contributed by atoms with Crippen molar-refractivity contribution in [1.82, 2.24) is 5.32 Å². The van der Waals surface area contributed by atoms with E-state index < -0.39 is 47.2 Å². The van der Waals surface area contributed by atoms with Gasteiger partial charge in [-0.3, -0.25) is 8.98 Å². The van der Waals surface area contributed by atoms with E-state index in [1.54, 1.807) is 0 Å². The van der Waals surface area contributed by atoms with Gasteiger partial charge in [-0.05, 0) is 12.8 Å². The Labute approximate surface area is 171 Å². The van der Waals surface area contributed by atoms with Crippen molar-refractivity contribution in [2.24, 2.45) is 5.41 Å². The maximum atomic E-state index is 11.9. The summed E-state index contributed by atoms with van der Waals surface area (Å²) in [6.07, 6.45) is -1.08. The Morgan fingerprint density at radius 3 is 2.34 bits per heavy atom. The van der Waals surface area contributed by atoms with Crippen LogP contribution in [0.5, 0.6) is 0 Å². The summed E-state index contributed by atoms with van der Waals surface area (Å²) in [4.78, 5) is 33.8. The topological polar surface area (TPSA) is 155 Å². The number of esters is 1. The number of aliphatic hydroxyl groups excluding tert-OH is 1. The number of nitrogens with one attached hydrogen (secondary N) is 1. The molecule has 1 atom stereocenters. The zero-order valence-electron chi connectivity index (χ0n) is 17.3. The Balaban J connectivity index is 4.33. The molecule has 0 unspecified atom stereocenters. The number of unbranched alkanes of at least 4 members (excludes halogenated alkanes) is 1. The third-order valence-electron chi connectivity index (χ3n) is 3.61. The molecule has 2 N–H and O–H groups in total. The molecule has 0 saturated carbocycles. The van der Waals surface area contributed by atoms with Crippen LogP contribution in [-0.2, 0) is 38.1 Å². The van der Waals surface area contributed by atoms with Crippen molar-refractivity contribution >= 4 is 28.1 Å². The Bertz CT molecular complexity index is 632. The number of hydrogen-bond acceptors (Lipinski definition) is 10. The van der Waals surface area contributed by atoms with Crippen molar-refractivity contribution in [1.29, 1.82) is 0 Å². The molecule has 12 heteroatoms. The molecule has 0 aromatic carbocycles. The number of rotatable bonds is 14. The minimum absolute atomic E-state index is 0.151. The minimum Gasteiger partial charge on any atom is -0.434 e. The van der Waals surface area contributed by atoms with Gasteiger partial charge in [0.15, 0.2) is 6.10 Å². The monoisotopic (exact) mass is 441 g/mol. The number of carbonyl (C=O) groups excluding carboxylic acids is 3. The molecule has 1 amide bonds. The smallest absolute Gasteiger partial charge is 0.434 e. The first-order valence-electron chi connectivity index (χ1n) is 9.17. The zero-order valence-corrected chi connectivity index (χ0v) is 18.1. The Morgan fingerprint density at radius 2 is 1.76 bits per heavy atom. The van der Waals surface area contributed by atoms with E-state index in [4.69, 9.17) is 8.92 Å². The largest absolute Gasteiger partial charge is 0.511 e. The van der Waals surface area contributed by atoms with E-state index in [9.17, 15) is 27.9 Å². The highest BCUT2D eigenvalue weighted by atomic mass is 32.2. The summed E-state index contributed by atoms with van der Waals surface area (Å²) in [6.45, 7) is 5.17. The Hall–Kier alpha value is -1.92. The lowest BCUT2D eigenvalue weighted by molar-refractivity contribution is -0.170. The highest BCUT2D eigenvalue weighted by molar-refractivity contribution is 7.86. The molecule has 0 spiro atoms. The first-order chi connectivity index (χ1) is 13.4. The number of amides is 1. The lowest BCUT2D eigenvalue weighted by atomic mass is 9.88. The Morgan fingerprint density at radius 1 is 1.10 bits per heavy atom. The van der Waals surface area contributed by atoms with Crippen LogP contribution < -0.4 is 5.32 Å². The summed E-state index contributed by atoms with van der Waals surface area (Å²) < 4.78 is 42.5. The fraction of sp³-hybridized carbons (Fsp3) is 0.824. The van der Waals surface area contributed by atoms with Crippen molar-refractivity contribution in [2.75, 3.05) is 32.3 Å². The van der Waals surface area contributed by atoms with Gasteiger partial charge in [0.05, 0.1) is 19.0 Å². The molecular weight excluding hydrogens is 410 g/mol. The lowest BCUT2D eigenvalue weighted by Gasteiger charge is -2.28. The molecule has 0 aromatic heterocycles. The molecule has 0 bridgehead atoms. The molecule has 0 aliphatic heterocycles. The normalized spacial score (nSPS) is 12.7. The van der Waals surface area contributed by atoms with Gasteiger partial charge in [0.1, 0.15) is 0 Å².